The number of rotatable bonds is 3. The zero-order valence-electron chi connectivity index (χ0n) is 7.07. The van der Waals surface area contributed by atoms with Crippen molar-refractivity contribution in [2.75, 3.05) is 27.3 Å². The molecule has 0 atom stereocenters. The van der Waals surface area contributed by atoms with E-state index in [0.717, 1.165) is 13.1 Å². The van der Waals surface area contributed by atoms with E-state index in [1.807, 2.05) is 0 Å². The summed E-state index contributed by atoms with van der Waals surface area (Å²) in [5.74, 6) is -1.11. The van der Waals surface area contributed by atoms with Crippen molar-refractivity contribution >= 4 is 11.9 Å². The Morgan fingerprint density at radius 3 is 1.83 bits per heavy atom. The lowest BCUT2D eigenvalue weighted by molar-refractivity contribution is -0.157. The zero-order chi connectivity index (χ0) is 9.14. The molecule has 1 aliphatic rings. The van der Waals surface area contributed by atoms with Crippen molar-refractivity contribution in [1.29, 1.82) is 0 Å². The van der Waals surface area contributed by atoms with Gasteiger partial charge in [0.25, 0.3) is 0 Å². The summed E-state index contributed by atoms with van der Waals surface area (Å²) in [6.45, 7) is 1.49. The lowest BCUT2D eigenvalue weighted by Crippen LogP contribution is -2.38. The monoisotopic (exact) mass is 173 g/mol. The molecule has 0 bridgehead atoms. The van der Waals surface area contributed by atoms with E-state index in [4.69, 9.17) is 0 Å². The van der Waals surface area contributed by atoms with E-state index in [-0.39, 0.29) is 0 Å². The van der Waals surface area contributed by atoms with Gasteiger partial charge in [-0.25, -0.2) is 9.59 Å². The van der Waals surface area contributed by atoms with Crippen LogP contribution in [0, 0.1) is 0 Å². The van der Waals surface area contributed by atoms with Gasteiger partial charge in [-0.05, 0) is 0 Å². The average molecular weight is 173 g/mol. The van der Waals surface area contributed by atoms with E-state index in [0.29, 0.717) is 0 Å². The third kappa shape index (κ3) is 1.73. The summed E-state index contributed by atoms with van der Waals surface area (Å²) in [5, 5.41) is 0. The van der Waals surface area contributed by atoms with Gasteiger partial charge in [-0.15, -0.1) is 0 Å². The second kappa shape index (κ2) is 3.53. The highest BCUT2D eigenvalue weighted by molar-refractivity contribution is 5.99. The van der Waals surface area contributed by atoms with Crippen molar-refractivity contribution in [3.8, 4) is 0 Å². The van der Waals surface area contributed by atoms with Gasteiger partial charge in [0.1, 0.15) is 0 Å². The van der Waals surface area contributed by atoms with Crippen LogP contribution in [-0.2, 0) is 19.1 Å². The number of hydrogen-bond donors (Lipinski definition) is 0. The zero-order valence-corrected chi connectivity index (χ0v) is 7.07. The molecular weight excluding hydrogens is 162 g/mol. The van der Waals surface area contributed by atoms with Crippen molar-refractivity contribution in [1.82, 2.24) is 4.90 Å². The normalized spacial score (nSPS) is 15.9. The van der Waals surface area contributed by atoms with Crippen molar-refractivity contribution in [3.63, 3.8) is 0 Å². The summed E-state index contributed by atoms with van der Waals surface area (Å²) in [7, 11) is 2.50. The van der Waals surface area contributed by atoms with E-state index in [1.165, 1.54) is 14.2 Å². The topological polar surface area (TPSA) is 55.6 Å². The highest BCUT2D eigenvalue weighted by atomic mass is 16.5. The molecule has 1 heterocycles. The van der Waals surface area contributed by atoms with Gasteiger partial charge in [0.05, 0.1) is 14.2 Å². The fourth-order valence-electron chi connectivity index (χ4n) is 0.934. The summed E-state index contributed by atoms with van der Waals surface area (Å²) in [6.07, 6.45) is 0. The first kappa shape index (κ1) is 8.99. The largest absolute Gasteiger partial charge is 0.467 e. The summed E-state index contributed by atoms with van der Waals surface area (Å²) < 4.78 is 8.91. The minimum Gasteiger partial charge on any atom is -0.467 e. The Morgan fingerprint density at radius 1 is 1.17 bits per heavy atom. The van der Waals surface area contributed by atoms with E-state index >= 15 is 0 Å². The smallest absolute Gasteiger partial charge is 0.334 e. The van der Waals surface area contributed by atoms with Crippen LogP contribution < -0.4 is 0 Å². The summed E-state index contributed by atoms with van der Waals surface area (Å²) in [6, 6.07) is -0.861. The molecule has 0 radical (unpaired) electrons. The van der Waals surface area contributed by atoms with Crippen LogP contribution in [0.25, 0.3) is 0 Å². The molecule has 0 aromatic heterocycles. The molecule has 1 fully saturated rings. The Hall–Kier alpha value is -1.10. The first-order valence-electron chi connectivity index (χ1n) is 3.60. The molecular formula is C7H11NO4. The standard InChI is InChI=1S/C7H11NO4/c1-11-6(9)5(7(10)12-2)8-3-4-8/h5H,3-4H2,1-2H3. The number of ether oxygens (including phenoxy) is 2. The quantitative estimate of drug-likeness (QED) is 0.312. The fourth-order valence-corrected chi connectivity index (χ4v) is 0.934. The van der Waals surface area contributed by atoms with Crippen LogP contribution in [0.3, 0.4) is 0 Å². The maximum Gasteiger partial charge on any atom is 0.334 e. The van der Waals surface area contributed by atoms with Gasteiger partial charge in [0.2, 0.25) is 6.04 Å². The number of esters is 2. The van der Waals surface area contributed by atoms with Crippen LogP contribution >= 0.6 is 0 Å². The van der Waals surface area contributed by atoms with Gasteiger partial charge in [-0.3, -0.25) is 4.90 Å². The van der Waals surface area contributed by atoms with Gasteiger partial charge in [0, 0.05) is 13.1 Å². The number of nitrogens with zero attached hydrogens (tertiary/aromatic N) is 1. The molecule has 5 nitrogen and oxygen atoms in total. The van der Waals surface area contributed by atoms with E-state index in [2.05, 4.69) is 9.47 Å². The molecule has 0 aromatic carbocycles. The van der Waals surface area contributed by atoms with Crippen LogP contribution in [0.2, 0.25) is 0 Å². The predicted molar refractivity (Wildman–Crippen MR) is 39.4 cm³/mol. The average Bonchev–Trinajstić information content (AvgIpc) is 2.88. The Balaban J connectivity index is 2.60. The molecule has 0 N–H and O–H groups in total. The van der Waals surface area contributed by atoms with E-state index in [9.17, 15) is 9.59 Å². The summed E-state index contributed by atoms with van der Waals surface area (Å²) >= 11 is 0. The molecule has 0 aliphatic carbocycles. The Kier molecular flexibility index (Phi) is 2.65. The fraction of sp³-hybridized carbons (Fsp3) is 0.714. The number of carbonyl (C=O) groups excluding carboxylic acids is 2. The van der Waals surface area contributed by atoms with Crippen LogP contribution in [0.5, 0.6) is 0 Å². The van der Waals surface area contributed by atoms with Crippen LogP contribution in [0.1, 0.15) is 0 Å². The maximum absolute atomic E-state index is 11.0. The highest BCUT2D eigenvalue weighted by Crippen LogP contribution is 2.12. The van der Waals surface area contributed by atoms with Crippen molar-refractivity contribution < 1.29 is 19.1 Å². The Bertz CT molecular complexity index is 184. The first-order chi connectivity index (χ1) is 5.70. The van der Waals surface area contributed by atoms with Crippen LogP contribution in [0.15, 0.2) is 0 Å². The lowest BCUT2D eigenvalue weighted by Gasteiger charge is -2.11. The second-order valence-electron chi connectivity index (χ2n) is 2.48. The molecule has 0 aromatic rings. The van der Waals surface area contributed by atoms with Crippen LogP contribution in [0.4, 0.5) is 0 Å². The van der Waals surface area contributed by atoms with Gasteiger partial charge in [-0.1, -0.05) is 0 Å². The molecule has 12 heavy (non-hydrogen) atoms. The number of methoxy groups -OCH3 is 2. The van der Waals surface area contributed by atoms with E-state index < -0.39 is 18.0 Å². The Labute approximate surface area is 70.2 Å². The molecule has 1 rings (SSSR count). The summed E-state index contributed by atoms with van der Waals surface area (Å²) in [5.41, 5.74) is 0. The molecule has 0 amide bonds. The predicted octanol–water partition coefficient (Wildman–Crippen LogP) is -0.983. The third-order valence-electron chi connectivity index (χ3n) is 1.70. The van der Waals surface area contributed by atoms with E-state index in [1.54, 1.807) is 4.90 Å². The minimum absolute atomic E-state index is 0.556. The van der Waals surface area contributed by atoms with Gasteiger partial charge >= 0.3 is 11.9 Å². The van der Waals surface area contributed by atoms with Gasteiger partial charge in [0.15, 0.2) is 0 Å². The number of hydrogen-bond acceptors (Lipinski definition) is 5. The molecule has 0 unspecified atom stereocenters. The van der Waals surface area contributed by atoms with Crippen LogP contribution in [-0.4, -0.2) is 50.2 Å². The van der Waals surface area contributed by atoms with Gasteiger partial charge < -0.3 is 9.47 Å². The van der Waals surface area contributed by atoms with Crippen molar-refractivity contribution in [2.45, 2.75) is 6.04 Å². The second-order valence-corrected chi connectivity index (χ2v) is 2.48. The molecule has 1 aliphatic heterocycles. The molecule has 5 heteroatoms. The van der Waals surface area contributed by atoms with Gasteiger partial charge in [-0.2, -0.15) is 0 Å². The Morgan fingerprint density at radius 2 is 1.58 bits per heavy atom. The van der Waals surface area contributed by atoms with Crippen molar-refractivity contribution in [3.05, 3.63) is 0 Å². The van der Waals surface area contributed by atoms with Crippen molar-refractivity contribution in [2.24, 2.45) is 0 Å². The maximum atomic E-state index is 11.0. The minimum atomic E-state index is -0.861. The lowest BCUT2D eigenvalue weighted by atomic mass is 10.3. The highest BCUT2D eigenvalue weighted by Gasteiger charge is 2.40. The first-order valence-corrected chi connectivity index (χ1v) is 3.60. The molecule has 0 saturated carbocycles. The molecule has 1 saturated heterocycles. The molecule has 0 spiro atoms. The summed E-state index contributed by atoms with van der Waals surface area (Å²) in [4.78, 5) is 23.7. The molecule has 68 valence electrons. The number of carbonyl (C=O) groups is 2. The third-order valence-corrected chi connectivity index (χ3v) is 1.70. The SMILES string of the molecule is COC(=O)C(C(=O)OC)N1CC1.